The van der Waals surface area contributed by atoms with E-state index >= 15 is 0 Å². The molecule has 1 heterocycles. The van der Waals surface area contributed by atoms with Crippen molar-refractivity contribution < 1.29 is 18.7 Å². The molecule has 0 bridgehead atoms. The van der Waals surface area contributed by atoms with Gasteiger partial charge in [-0.2, -0.15) is 0 Å². The zero-order chi connectivity index (χ0) is 12.1. The monoisotopic (exact) mass is 232 g/mol. The lowest BCUT2D eigenvalue weighted by molar-refractivity contribution is 0.0472. The molecule has 0 amide bonds. The number of furan rings is 1. The fourth-order valence-corrected chi connectivity index (χ4v) is 1.33. The first-order valence-corrected chi connectivity index (χ1v) is 5.12. The van der Waals surface area contributed by atoms with Gasteiger partial charge in [0.05, 0.1) is 18.9 Å². The largest absolute Gasteiger partial charge is 0.497 e. The van der Waals surface area contributed by atoms with Gasteiger partial charge in [0.25, 0.3) is 0 Å². The number of benzene rings is 1. The average molecular weight is 232 g/mol. The third-order valence-corrected chi connectivity index (χ3v) is 2.29. The molecule has 0 radical (unpaired) electrons. The Morgan fingerprint density at radius 2 is 2.00 bits per heavy atom. The molecule has 2 rings (SSSR count). The van der Waals surface area contributed by atoms with Gasteiger partial charge in [-0.25, -0.2) is 4.79 Å². The summed E-state index contributed by atoms with van der Waals surface area (Å²) in [6, 6.07) is 8.90. The minimum Gasteiger partial charge on any atom is -0.497 e. The van der Waals surface area contributed by atoms with Crippen LogP contribution in [0.2, 0.25) is 0 Å². The van der Waals surface area contributed by atoms with Crippen molar-refractivity contribution in [3.63, 3.8) is 0 Å². The molecule has 4 heteroatoms. The maximum Gasteiger partial charge on any atom is 0.341 e. The van der Waals surface area contributed by atoms with E-state index in [2.05, 4.69) is 0 Å². The van der Waals surface area contributed by atoms with Gasteiger partial charge in [-0.1, -0.05) is 12.1 Å². The zero-order valence-electron chi connectivity index (χ0n) is 9.38. The lowest BCUT2D eigenvalue weighted by atomic mass is 10.2. The summed E-state index contributed by atoms with van der Waals surface area (Å²) in [5.41, 5.74) is 1.32. The Labute approximate surface area is 98.8 Å². The van der Waals surface area contributed by atoms with E-state index in [9.17, 15) is 4.79 Å². The molecule has 0 spiro atoms. The second-order valence-electron chi connectivity index (χ2n) is 3.44. The molecule has 88 valence electrons. The Morgan fingerprint density at radius 3 is 2.59 bits per heavy atom. The van der Waals surface area contributed by atoms with Crippen LogP contribution < -0.4 is 4.74 Å². The van der Waals surface area contributed by atoms with Gasteiger partial charge in [-0.15, -0.1) is 0 Å². The highest BCUT2D eigenvalue weighted by Gasteiger charge is 2.08. The highest BCUT2D eigenvalue weighted by atomic mass is 16.5. The van der Waals surface area contributed by atoms with E-state index in [1.165, 1.54) is 12.5 Å². The molecule has 0 aliphatic carbocycles. The van der Waals surface area contributed by atoms with Crippen molar-refractivity contribution >= 4 is 5.97 Å². The Balaban J connectivity index is 1.91. The van der Waals surface area contributed by atoms with Gasteiger partial charge in [0, 0.05) is 0 Å². The lowest BCUT2D eigenvalue weighted by Crippen LogP contribution is -2.03. The maximum absolute atomic E-state index is 11.5. The van der Waals surface area contributed by atoms with Crippen molar-refractivity contribution in [1.29, 1.82) is 0 Å². The van der Waals surface area contributed by atoms with Crippen molar-refractivity contribution in [2.24, 2.45) is 0 Å². The summed E-state index contributed by atoms with van der Waals surface area (Å²) in [6.07, 6.45) is 2.79. The van der Waals surface area contributed by atoms with Gasteiger partial charge in [0.2, 0.25) is 0 Å². The summed E-state index contributed by atoms with van der Waals surface area (Å²) >= 11 is 0. The normalized spacial score (nSPS) is 9.94. The van der Waals surface area contributed by atoms with Crippen molar-refractivity contribution in [3.05, 3.63) is 54.0 Å². The second-order valence-corrected chi connectivity index (χ2v) is 3.44. The highest BCUT2D eigenvalue weighted by molar-refractivity contribution is 5.88. The van der Waals surface area contributed by atoms with Gasteiger partial charge in [-0.05, 0) is 23.8 Å². The van der Waals surface area contributed by atoms with Gasteiger partial charge in [0.1, 0.15) is 18.6 Å². The van der Waals surface area contributed by atoms with E-state index in [-0.39, 0.29) is 6.61 Å². The van der Waals surface area contributed by atoms with E-state index in [0.717, 1.165) is 11.3 Å². The quantitative estimate of drug-likeness (QED) is 0.760. The average Bonchev–Trinajstić information content (AvgIpc) is 2.90. The van der Waals surface area contributed by atoms with E-state index in [0.29, 0.717) is 5.56 Å². The molecule has 2 aromatic rings. The third kappa shape index (κ3) is 2.87. The summed E-state index contributed by atoms with van der Waals surface area (Å²) in [5.74, 6) is 0.379. The van der Waals surface area contributed by atoms with Gasteiger partial charge in [-0.3, -0.25) is 0 Å². The van der Waals surface area contributed by atoms with Crippen molar-refractivity contribution in [2.45, 2.75) is 6.61 Å². The topological polar surface area (TPSA) is 48.7 Å². The fourth-order valence-electron chi connectivity index (χ4n) is 1.33. The molecule has 0 aliphatic rings. The van der Waals surface area contributed by atoms with E-state index < -0.39 is 5.97 Å². The first kappa shape index (κ1) is 11.3. The van der Waals surface area contributed by atoms with Gasteiger partial charge >= 0.3 is 5.97 Å². The molecular weight excluding hydrogens is 220 g/mol. The van der Waals surface area contributed by atoms with E-state index in [4.69, 9.17) is 13.9 Å². The first-order valence-electron chi connectivity index (χ1n) is 5.12. The molecule has 1 aromatic heterocycles. The Kier molecular flexibility index (Phi) is 3.45. The lowest BCUT2D eigenvalue weighted by Gasteiger charge is -2.04. The standard InChI is InChI=1S/C13H12O4/c1-15-12-4-2-10(3-5-12)8-17-13(14)11-6-7-16-9-11/h2-7,9H,8H2,1H3. The minimum atomic E-state index is -0.394. The number of carbonyl (C=O) groups excluding carboxylic acids is 1. The Morgan fingerprint density at radius 1 is 1.24 bits per heavy atom. The van der Waals surface area contributed by atoms with Gasteiger partial charge in [0.15, 0.2) is 0 Å². The van der Waals surface area contributed by atoms with Crippen LogP contribution in [0.15, 0.2) is 47.3 Å². The van der Waals surface area contributed by atoms with Crippen molar-refractivity contribution in [3.8, 4) is 5.75 Å². The van der Waals surface area contributed by atoms with Crippen LogP contribution in [0.4, 0.5) is 0 Å². The molecule has 4 nitrogen and oxygen atoms in total. The van der Waals surface area contributed by atoms with Crippen molar-refractivity contribution in [1.82, 2.24) is 0 Å². The predicted molar refractivity (Wildman–Crippen MR) is 60.8 cm³/mol. The number of hydrogen-bond donors (Lipinski definition) is 0. The summed E-state index contributed by atoms with van der Waals surface area (Å²) in [7, 11) is 1.61. The molecule has 0 atom stereocenters. The SMILES string of the molecule is COc1ccc(COC(=O)c2ccoc2)cc1. The third-order valence-electron chi connectivity index (χ3n) is 2.29. The smallest absolute Gasteiger partial charge is 0.341 e. The number of rotatable bonds is 4. The number of hydrogen-bond acceptors (Lipinski definition) is 4. The summed E-state index contributed by atoms with van der Waals surface area (Å²) in [5, 5.41) is 0. The Bertz CT molecular complexity index is 471. The maximum atomic E-state index is 11.5. The van der Waals surface area contributed by atoms with E-state index in [1.807, 2.05) is 24.3 Å². The summed E-state index contributed by atoms with van der Waals surface area (Å²) in [4.78, 5) is 11.5. The second kappa shape index (κ2) is 5.21. The number of methoxy groups -OCH3 is 1. The zero-order valence-corrected chi connectivity index (χ0v) is 9.38. The van der Waals surface area contributed by atoms with Crippen LogP contribution in [0.25, 0.3) is 0 Å². The molecule has 0 saturated carbocycles. The molecule has 0 saturated heterocycles. The molecule has 17 heavy (non-hydrogen) atoms. The van der Waals surface area contributed by atoms with Crippen LogP contribution in [0, 0.1) is 0 Å². The molecule has 0 N–H and O–H groups in total. The van der Waals surface area contributed by atoms with Crippen LogP contribution in [0.3, 0.4) is 0 Å². The molecule has 0 aliphatic heterocycles. The highest BCUT2D eigenvalue weighted by Crippen LogP contribution is 2.12. The minimum absolute atomic E-state index is 0.230. The van der Waals surface area contributed by atoms with Crippen LogP contribution >= 0.6 is 0 Å². The first-order chi connectivity index (χ1) is 8.29. The summed E-state index contributed by atoms with van der Waals surface area (Å²) in [6.45, 7) is 0.230. The van der Waals surface area contributed by atoms with Crippen LogP contribution in [-0.4, -0.2) is 13.1 Å². The molecule has 0 unspecified atom stereocenters. The van der Waals surface area contributed by atoms with Gasteiger partial charge < -0.3 is 13.9 Å². The summed E-state index contributed by atoms with van der Waals surface area (Å²) < 4.78 is 14.9. The van der Waals surface area contributed by atoms with Crippen LogP contribution in [-0.2, 0) is 11.3 Å². The molecular formula is C13H12O4. The predicted octanol–water partition coefficient (Wildman–Crippen LogP) is 2.65. The fraction of sp³-hybridized carbons (Fsp3) is 0.154. The van der Waals surface area contributed by atoms with Crippen LogP contribution in [0.1, 0.15) is 15.9 Å². The van der Waals surface area contributed by atoms with Crippen LogP contribution in [0.5, 0.6) is 5.75 Å². The number of carbonyl (C=O) groups is 1. The Hall–Kier alpha value is -2.23. The molecule has 1 aromatic carbocycles. The number of ether oxygens (including phenoxy) is 2. The van der Waals surface area contributed by atoms with Crippen molar-refractivity contribution in [2.75, 3.05) is 7.11 Å². The number of esters is 1. The van der Waals surface area contributed by atoms with E-state index in [1.54, 1.807) is 13.2 Å². The molecule has 0 fully saturated rings.